The summed E-state index contributed by atoms with van der Waals surface area (Å²) in [6, 6.07) is 10.5. The third-order valence-corrected chi connectivity index (χ3v) is 5.76. The van der Waals surface area contributed by atoms with Crippen LogP contribution in [0.2, 0.25) is 0 Å². The van der Waals surface area contributed by atoms with E-state index in [0.29, 0.717) is 15.6 Å². The third-order valence-electron chi connectivity index (χ3n) is 5.26. The SMILES string of the molecule is FC1(F)c2cc(Br)ccc2-c2ccc(-c3cnc([C@@H]4CCCN4)[nH]3)cc21. The Morgan fingerprint density at radius 1 is 1.08 bits per heavy atom. The van der Waals surface area contributed by atoms with Crippen molar-refractivity contribution in [2.45, 2.75) is 24.8 Å². The summed E-state index contributed by atoms with van der Waals surface area (Å²) in [4.78, 5) is 7.74. The molecule has 6 heteroatoms. The Morgan fingerprint density at radius 2 is 1.85 bits per heavy atom. The van der Waals surface area contributed by atoms with Crippen molar-refractivity contribution >= 4 is 15.9 Å². The topological polar surface area (TPSA) is 40.7 Å². The second-order valence-corrected chi connectivity index (χ2v) is 7.77. The molecule has 1 fully saturated rings. The Morgan fingerprint density at radius 3 is 2.62 bits per heavy atom. The molecule has 26 heavy (non-hydrogen) atoms. The van der Waals surface area contributed by atoms with Gasteiger partial charge in [0.2, 0.25) is 0 Å². The molecule has 1 saturated heterocycles. The minimum atomic E-state index is -3.00. The molecule has 5 rings (SSSR count). The second kappa shape index (κ2) is 5.72. The number of aromatic amines is 1. The Kier molecular flexibility index (Phi) is 3.56. The lowest BCUT2D eigenvalue weighted by Gasteiger charge is -2.13. The monoisotopic (exact) mass is 415 g/mol. The number of benzene rings is 2. The Bertz CT molecular complexity index is 1010. The van der Waals surface area contributed by atoms with E-state index in [1.807, 2.05) is 6.07 Å². The molecule has 1 aliphatic heterocycles. The van der Waals surface area contributed by atoms with Crippen LogP contribution in [0.3, 0.4) is 0 Å². The predicted octanol–water partition coefficient (Wildman–Crippen LogP) is 5.38. The molecule has 3 aromatic rings. The number of nitrogens with zero attached hydrogens (tertiary/aromatic N) is 1. The minimum Gasteiger partial charge on any atom is -0.341 e. The smallest absolute Gasteiger partial charge is 0.299 e. The number of alkyl halides is 2. The van der Waals surface area contributed by atoms with E-state index in [1.54, 1.807) is 30.5 Å². The average Bonchev–Trinajstić information content (AvgIpc) is 3.35. The number of H-pyrrole nitrogens is 1. The summed E-state index contributed by atoms with van der Waals surface area (Å²) in [6.07, 6.45) is 3.90. The summed E-state index contributed by atoms with van der Waals surface area (Å²) in [5.74, 6) is -2.13. The van der Waals surface area contributed by atoms with E-state index in [2.05, 4.69) is 31.2 Å². The van der Waals surface area contributed by atoms with E-state index in [-0.39, 0.29) is 17.2 Å². The van der Waals surface area contributed by atoms with Gasteiger partial charge in [0, 0.05) is 21.2 Å². The highest BCUT2D eigenvalue weighted by Crippen LogP contribution is 2.52. The number of fused-ring (bicyclic) bond motifs is 3. The van der Waals surface area contributed by atoms with Crippen LogP contribution in [-0.4, -0.2) is 16.5 Å². The first-order valence-electron chi connectivity index (χ1n) is 8.65. The number of halogens is 3. The fourth-order valence-corrected chi connectivity index (χ4v) is 4.30. The van der Waals surface area contributed by atoms with E-state index in [1.165, 1.54) is 6.07 Å². The molecular formula is C20H16BrF2N3. The number of nitrogens with one attached hydrogen (secondary N) is 2. The Hall–Kier alpha value is -2.05. The average molecular weight is 416 g/mol. The molecule has 0 spiro atoms. The van der Waals surface area contributed by atoms with Gasteiger partial charge in [-0.1, -0.05) is 34.1 Å². The van der Waals surface area contributed by atoms with Crippen molar-refractivity contribution in [2.75, 3.05) is 6.54 Å². The van der Waals surface area contributed by atoms with Gasteiger partial charge in [-0.2, -0.15) is 8.78 Å². The van der Waals surface area contributed by atoms with E-state index >= 15 is 0 Å². The van der Waals surface area contributed by atoms with Crippen molar-refractivity contribution < 1.29 is 8.78 Å². The van der Waals surface area contributed by atoms with Crippen LogP contribution >= 0.6 is 15.9 Å². The fraction of sp³-hybridized carbons (Fsp3) is 0.250. The Balaban J connectivity index is 1.57. The summed E-state index contributed by atoms with van der Waals surface area (Å²) >= 11 is 3.29. The van der Waals surface area contributed by atoms with Gasteiger partial charge in [-0.05, 0) is 48.7 Å². The third kappa shape index (κ3) is 2.36. The first-order chi connectivity index (χ1) is 12.5. The van der Waals surface area contributed by atoms with Crippen LogP contribution < -0.4 is 5.32 Å². The predicted molar refractivity (Wildman–Crippen MR) is 100 cm³/mol. The van der Waals surface area contributed by atoms with Gasteiger partial charge in [-0.15, -0.1) is 0 Å². The van der Waals surface area contributed by atoms with Crippen molar-refractivity contribution in [3.63, 3.8) is 0 Å². The molecule has 0 saturated carbocycles. The zero-order chi connectivity index (χ0) is 17.9. The van der Waals surface area contributed by atoms with Crippen molar-refractivity contribution in [1.82, 2.24) is 15.3 Å². The van der Waals surface area contributed by atoms with Gasteiger partial charge in [0.25, 0.3) is 5.92 Å². The molecule has 3 nitrogen and oxygen atoms in total. The zero-order valence-electron chi connectivity index (χ0n) is 13.8. The summed E-state index contributed by atoms with van der Waals surface area (Å²) in [5, 5.41) is 3.39. The molecule has 0 unspecified atom stereocenters. The first kappa shape index (κ1) is 16.1. The number of aromatic nitrogens is 2. The van der Waals surface area contributed by atoms with Crippen molar-refractivity contribution in [3.05, 3.63) is 64.0 Å². The zero-order valence-corrected chi connectivity index (χ0v) is 15.4. The van der Waals surface area contributed by atoms with Crippen LogP contribution in [0.4, 0.5) is 8.78 Å². The highest BCUT2D eigenvalue weighted by molar-refractivity contribution is 9.10. The standard InChI is InChI=1S/C20H16BrF2N3/c21-12-4-6-14-13-5-3-11(8-15(13)20(22,23)16(14)9-12)18-10-25-19(26-18)17-2-1-7-24-17/h3-6,8-10,17,24H,1-2,7H2,(H,25,26)/t17-/m0/s1. The molecule has 2 aliphatic rings. The van der Waals surface area contributed by atoms with Gasteiger partial charge >= 0.3 is 0 Å². The molecular weight excluding hydrogens is 400 g/mol. The minimum absolute atomic E-state index is 0.0539. The molecule has 2 aromatic carbocycles. The summed E-state index contributed by atoms with van der Waals surface area (Å²) in [7, 11) is 0. The fourth-order valence-electron chi connectivity index (χ4n) is 3.94. The summed E-state index contributed by atoms with van der Waals surface area (Å²) in [5.41, 5.74) is 2.80. The van der Waals surface area contributed by atoms with Crippen LogP contribution in [0.15, 0.2) is 47.1 Å². The molecule has 0 amide bonds. The maximum absolute atomic E-state index is 15.0. The second-order valence-electron chi connectivity index (χ2n) is 6.86. The quantitative estimate of drug-likeness (QED) is 0.589. The number of imidazole rings is 1. The van der Waals surface area contributed by atoms with Gasteiger partial charge in [0.15, 0.2) is 0 Å². The van der Waals surface area contributed by atoms with Gasteiger partial charge < -0.3 is 10.3 Å². The summed E-state index contributed by atoms with van der Waals surface area (Å²) in [6.45, 7) is 0.986. The lowest BCUT2D eigenvalue weighted by Crippen LogP contribution is -2.14. The van der Waals surface area contributed by atoms with E-state index in [4.69, 9.17) is 0 Å². The number of hydrogen-bond acceptors (Lipinski definition) is 2. The molecule has 2 heterocycles. The number of hydrogen-bond donors (Lipinski definition) is 2. The molecule has 0 bridgehead atoms. The van der Waals surface area contributed by atoms with Crippen LogP contribution in [0.25, 0.3) is 22.4 Å². The van der Waals surface area contributed by atoms with Crippen LogP contribution in [-0.2, 0) is 5.92 Å². The lowest BCUT2D eigenvalue weighted by molar-refractivity contribution is 0.0480. The molecule has 1 atom stereocenters. The van der Waals surface area contributed by atoms with Crippen molar-refractivity contribution in [2.24, 2.45) is 0 Å². The molecule has 1 aromatic heterocycles. The first-order valence-corrected chi connectivity index (χ1v) is 9.45. The highest BCUT2D eigenvalue weighted by atomic mass is 79.9. The van der Waals surface area contributed by atoms with Crippen LogP contribution in [0, 0.1) is 0 Å². The Labute approximate surface area is 158 Å². The van der Waals surface area contributed by atoms with Crippen LogP contribution in [0.5, 0.6) is 0 Å². The van der Waals surface area contributed by atoms with Crippen molar-refractivity contribution in [1.29, 1.82) is 0 Å². The van der Waals surface area contributed by atoms with Gasteiger partial charge in [0.05, 0.1) is 17.9 Å². The van der Waals surface area contributed by atoms with Gasteiger partial charge in [-0.25, -0.2) is 4.98 Å². The van der Waals surface area contributed by atoms with E-state index in [9.17, 15) is 8.78 Å². The van der Waals surface area contributed by atoms with E-state index < -0.39 is 5.92 Å². The maximum atomic E-state index is 15.0. The van der Waals surface area contributed by atoms with Crippen molar-refractivity contribution in [3.8, 4) is 22.4 Å². The van der Waals surface area contributed by atoms with Gasteiger partial charge in [-0.3, -0.25) is 0 Å². The summed E-state index contributed by atoms with van der Waals surface area (Å²) < 4.78 is 30.7. The lowest BCUT2D eigenvalue weighted by atomic mass is 10.0. The van der Waals surface area contributed by atoms with Gasteiger partial charge in [0.1, 0.15) is 5.82 Å². The molecule has 1 aliphatic carbocycles. The normalized spacial score (nSPS) is 20.2. The number of rotatable bonds is 2. The molecule has 132 valence electrons. The maximum Gasteiger partial charge on any atom is 0.299 e. The highest BCUT2D eigenvalue weighted by Gasteiger charge is 2.44. The van der Waals surface area contributed by atoms with Crippen LogP contribution in [0.1, 0.15) is 35.8 Å². The molecule has 0 radical (unpaired) electrons. The largest absolute Gasteiger partial charge is 0.341 e. The van der Waals surface area contributed by atoms with E-state index in [0.717, 1.165) is 36.5 Å². The molecule has 2 N–H and O–H groups in total.